The number of benzene rings is 1. The van der Waals surface area contributed by atoms with Gasteiger partial charge in [0, 0.05) is 0 Å². The molecule has 8 heteroatoms. The second-order valence-corrected chi connectivity index (χ2v) is 7.10. The lowest BCUT2D eigenvalue weighted by Crippen LogP contribution is -2.14. The molecule has 112 valence electrons. The van der Waals surface area contributed by atoms with Gasteiger partial charge in [0.1, 0.15) is 16.3 Å². The molecule has 0 atom stereocenters. The molecule has 0 bridgehead atoms. The third kappa shape index (κ3) is 3.27. The van der Waals surface area contributed by atoms with Crippen LogP contribution in [0.25, 0.3) is 0 Å². The van der Waals surface area contributed by atoms with Gasteiger partial charge in [-0.1, -0.05) is 0 Å². The van der Waals surface area contributed by atoms with Crippen molar-refractivity contribution in [2.45, 2.75) is 11.3 Å². The minimum Gasteiger partial charge on any atom is -0.477 e. The van der Waals surface area contributed by atoms with E-state index in [0.29, 0.717) is 6.07 Å². The third-order valence-electron chi connectivity index (χ3n) is 2.84. The van der Waals surface area contributed by atoms with Crippen molar-refractivity contribution >= 4 is 27.1 Å². The smallest absolute Gasteiger partial charge is 0.341 e. The third-order valence-corrected chi connectivity index (χ3v) is 5.30. The van der Waals surface area contributed by atoms with Gasteiger partial charge >= 0.3 is 5.97 Å². The van der Waals surface area contributed by atoms with E-state index in [1.807, 2.05) is 0 Å². The standard InChI is InChI=1S/C13H10F2O4S2/c14-9-1-2-10(12(15)11(9)13(16)17)21(18,19)6-4-8-3-5-20-7-8/h1-3,5,7H,4,6H2,(H,16,17). The zero-order valence-corrected chi connectivity index (χ0v) is 12.2. The summed E-state index contributed by atoms with van der Waals surface area (Å²) in [4.78, 5) is 10.00. The molecule has 0 aliphatic heterocycles. The molecule has 0 radical (unpaired) electrons. The summed E-state index contributed by atoms with van der Waals surface area (Å²) in [6.45, 7) is 0. The van der Waals surface area contributed by atoms with Crippen LogP contribution in [0.5, 0.6) is 0 Å². The number of hydrogen-bond donors (Lipinski definition) is 1. The van der Waals surface area contributed by atoms with Crippen molar-refractivity contribution < 1.29 is 27.1 Å². The highest BCUT2D eigenvalue weighted by Crippen LogP contribution is 2.23. The van der Waals surface area contributed by atoms with Gasteiger partial charge in [-0.25, -0.2) is 22.0 Å². The van der Waals surface area contributed by atoms with E-state index < -0.39 is 37.9 Å². The number of halogens is 2. The van der Waals surface area contributed by atoms with Gasteiger partial charge < -0.3 is 5.11 Å². The van der Waals surface area contributed by atoms with Gasteiger partial charge in [0.25, 0.3) is 0 Å². The number of aryl methyl sites for hydroxylation is 1. The minimum absolute atomic E-state index is 0.172. The van der Waals surface area contributed by atoms with E-state index in [4.69, 9.17) is 5.11 Å². The molecule has 1 N–H and O–H groups in total. The number of carbonyl (C=O) groups is 1. The highest BCUT2D eigenvalue weighted by Gasteiger charge is 2.26. The number of carboxylic acid groups (broad SMARTS) is 1. The number of hydrogen-bond acceptors (Lipinski definition) is 4. The van der Waals surface area contributed by atoms with Crippen molar-refractivity contribution in [3.8, 4) is 0 Å². The van der Waals surface area contributed by atoms with E-state index in [9.17, 15) is 22.0 Å². The van der Waals surface area contributed by atoms with Crippen LogP contribution in [0.2, 0.25) is 0 Å². The fraction of sp³-hybridized carbons (Fsp3) is 0.154. The average Bonchev–Trinajstić information content (AvgIpc) is 2.88. The molecule has 0 unspecified atom stereocenters. The molecule has 1 heterocycles. The zero-order valence-electron chi connectivity index (χ0n) is 10.5. The molecule has 1 aromatic carbocycles. The fourth-order valence-electron chi connectivity index (χ4n) is 1.77. The van der Waals surface area contributed by atoms with E-state index in [0.717, 1.165) is 11.6 Å². The van der Waals surface area contributed by atoms with Crippen molar-refractivity contribution in [1.29, 1.82) is 0 Å². The molecule has 0 aliphatic carbocycles. The number of sulfone groups is 1. The molecule has 0 aliphatic rings. The maximum Gasteiger partial charge on any atom is 0.341 e. The summed E-state index contributed by atoms with van der Waals surface area (Å²) in [6, 6.07) is 3.13. The molecule has 0 saturated heterocycles. The topological polar surface area (TPSA) is 71.4 Å². The summed E-state index contributed by atoms with van der Waals surface area (Å²) in [5, 5.41) is 12.3. The normalized spacial score (nSPS) is 11.5. The zero-order chi connectivity index (χ0) is 15.6. The Balaban J connectivity index is 2.36. The van der Waals surface area contributed by atoms with Crippen LogP contribution in [0.3, 0.4) is 0 Å². The van der Waals surface area contributed by atoms with Crippen molar-refractivity contribution in [1.82, 2.24) is 0 Å². The summed E-state index contributed by atoms with van der Waals surface area (Å²) < 4.78 is 51.4. The first-order valence-corrected chi connectivity index (χ1v) is 8.37. The Bertz CT molecular complexity index is 768. The maximum atomic E-state index is 13.9. The van der Waals surface area contributed by atoms with Crippen molar-refractivity contribution in [2.24, 2.45) is 0 Å². The Morgan fingerprint density at radius 1 is 1.24 bits per heavy atom. The summed E-state index contributed by atoms with van der Waals surface area (Å²) in [5.74, 6) is -5.10. The van der Waals surface area contributed by atoms with E-state index >= 15 is 0 Å². The quantitative estimate of drug-likeness (QED) is 0.855. The van der Waals surface area contributed by atoms with Crippen molar-refractivity contribution in [3.63, 3.8) is 0 Å². The summed E-state index contributed by atoms with van der Waals surface area (Å²) in [6.07, 6.45) is 0.172. The maximum absolute atomic E-state index is 13.9. The van der Waals surface area contributed by atoms with Gasteiger partial charge in [0.05, 0.1) is 5.75 Å². The molecule has 0 saturated carbocycles. The molecule has 2 aromatic rings. The highest BCUT2D eigenvalue weighted by molar-refractivity contribution is 7.91. The lowest BCUT2D eigenvalue weighted by Gasteiger charge is -2.08. The van der Waals surface area contributed by atoms with Gasteiger partial charge in [-0.15, -0.1) is 0 Å². The van der Waals surface area contributed by atoms with Crippen LogP contribution in [0.15, 0.2) is 33.9 Å². The van der Waals surface area contributed by atoms with Crippen LogP contribution in [0.4, 0.5) is 8.78 Å². The molecule has 1 aromatic heterocycles. The van der Waals surface area contributed by atoms with Crippen molar-refractivity contribution in [3.05, 3.63) is 51.7 Å². The van der Waals surface area contributed by atoms with Crippen LogP contribution in [-0.2, 0) is 16.3 Å². The predicted molar refractivity (Wildman–Crippen MR) is 73.4 cm³/mol. The lowest BCUT2D eigenvalue weighted by atomic mass is 10.2. The first-order valence-electron chi connectivity index (χ1n) is 5.78. The molecule has 0 fully saturated rings. The Morgan fingerprint density at radius 2 is 1.95 bits per heavy atom. The molecule has 0 amide bonds. The monoisotopic (exact) mass is 332 g/mol. The van der Waals surface area contributed by atoms with Gasteiger partial charge in [0.15, 0.2) is 15.7 Å². The predicted octanol–water partition coefficient (Wildman–Crippen LogP) is 2.74. The number of rotatable bonds is 5. The van der Waals surface area contributed by atoms with E-state index in [2.05, 4.69) is 0 Å². The lowest BCUT2D eigenvalue weighted by molar-refractivity contribution is 0.0685. The van der Waals surface area contributed by atoms with Gasteiger partial charge in [-0.3, -0.25) is 0 Å². The van der Waals surface area contributed by atoms with Crippen molar-refractivity contribution in [2.75, 3.05) is 5.75 Å². The molecule has 0 spiro atoms. The first kappa shape index (κ1) is 15.6. The van der Waals surface area contributed by atoms with Gasteiger partial charge in [-0.05, 0) is 40.9 Å². The largest absolute Gasteiger partial charge is 0.477 e. The fourth-order valence-corrected chi connectivity index (χ4v) is 3.84. The first-order chi connectivity index (χ1) is 9.83. The Kier molecular flexibility index (Phi) is 4.38. The van der Waals surface area contributed by atoms with Crippen LogP contribution in [0.1, 0.15) is 15.9 Å². The van der Waals surface area contributed by atoms with Crippen LogP contribution < -0.4 is 0 Å². The van der Waals surface area contributed by atoms with Crippen LogP contribution in [-0.4, -0.2) is 25.2 Å². The summed E-state index contributed by atoms with van der Waals surface area (Å²) >= 11 is 1.40. The second-order valence-electron chi connectivity index (χ2n) is 4.24. The molecule has 21 heavy (non-hydrogen) atoms. The Morgan fingerprint density at radius 3 is 2.52 bits per heavy atom. The molecule has 2 rings (SSSR count). The van der Waals surface area contributed by atoms with E-state index in [1.165, 1.54) is 11.3 Å². The number of thiophene rings is 1. The Labute approximate surface area is 123 Å². The number of carboxylic acids is 1. The summed E-state index contributed by atoms with van der Waals surface area (Å²) in [5.41, 5.74) is -0.476. The van der Waals surface area contributed by atoms with E-state index in [-0.39, 0.29) is 12.2 Å². The van der Waals surface area contributed by atoms with Crippen LogP contribution >= 0.6 is 11.3 Å². The van der Waals surface area contributed by atoms with Crippen LogP contribution in [0, 0.1) is 11.6 Å². The highest BCUT2D eigenvalue weighted by atomic mass is 32.2. The second kappa shape index (κ2) is 5.90. The molecular formula is C13H10F2O4S2. The van der Waals surface area contributed by atoms with Gasteiger partial charge in [0.2, 0.25) is 0 Å². The number of aromatic carboxylic acids is 1. The van der Waals surface area contributed by atoms with Gasteiger partial charge in [-0.2, -0.15) is 11.3 Å². The SMILES string of the molecule is O=C(O)c1c(F)ccc(S(=O)(=O)CCc2ccsc2)c1F. The minimum atomic E-state index is -4.04. The average molecular weight is 332 g/mol. The Hall–Kier alpha value is -1.80. The molecule has 4 nitrogen and oxygen atoms in total. The summed E-state index contributed by atoms with van der Waals surface area (Å²) in [7, 11) is -4.04. The van der Waals surface area contributed by atoms with E-state index in [1.54, 1.807) is 16.8 Å². The molecular weight excluding hydrogens is 322 g/mol.